The van der Waals surface area contributed by atoms with Crippen LogP contribution in [0.3, 0.4) is 0 Å². The molecule has 0 aliphatic heterocycles. The summed E-state index contributed by atoms with van der Waals surface area (Å²) in [6, 6.07) is 0. The van der Waals surface area contributed by atoms with E-state index in [9.17, 15) is 0 Å². The highest BCUT2D eigenvalue weighted by Gasteiger charge is 1.76. The van der Waals surface area contributed by atoms with Crippen LogP contribution in [0.2, 0.25) is 0 Å². The molecule has 0 spiro atoms. The van der Waals surface area contributed by atoms with E-state index in [1.807, 2.05) is 0 Å². The highest BCUT2D eigenvalue weighted by molar-refractivity contribution is 4.80. The summed E-state index contributed by atoms with van der Waals surface area (Å²) >= 11 is 0. The molecule has 0 aromatic carbocycles. The van der Waals surface area contributed by atoms with Crippen molar-refractivity contribution < 1.29 is 4.84 Å². The molecule has 0 saturated carbocycles. The highest BCUT2D eigenvalue weighted by Crippen LogP contribution is 1.90. The van der Waals surface area contributed by atoms with Gasteiger partial charge < -0.3 is 4.84 Å². The lowest BCUT2D eigenvalue weighted by molar-refractivity contribution is 0.143. The Morgan fingerprint density at radius 3 is 2.56 bits per heavy atom. The van der Waals surface area contributed by atoms with Gasteiger partial charge in [0.25, 0.3) is 0 Å². The molecule has 0 aromatic heterocycles. The van der Waals surface area contributed by atoms with Crippen molar-refractivity contribution in [3.05, 3.63) is 12.2 Å². The maximum atomic E-state index is 4.81. The van der Waals surface area contributed by atoms with Crippen LogP contribution in [0.4, 0.5) is 0 Å². The van der Waals surface area contributed by atoms with Crippen LogP contribution in [0, 0.1) is 0 Å². The van der Waals surface area contributed by atoms with E-state index in [0.29, 0.717) is 6.61 Å². The van der Waals surface area contributed by atoms with Crippen molar-refractivity contribution in [1.29, 1.82) is 0 Å². The average Bonchev–Trinajstić information content (AvgIpc) is 1.89. The molecular weight excluding hydrogens is 114 g/mol. The van der Waals surface area contributed by atoms with Crippen LogP contribution in [0.25, 0.3) is 0 Å². The second-order valence-corrected chi connectivity index (χ2v) is 1.92. The van der Waals surface area contributed by atoms with Crippen molar-refractivity contribution >= 4 is 0 Å². The van der Waals surface area contributed by atoms with Gasteiger partial charge in [0.2, 0.25) is 0 Å². The Bertz CT molecular complexity index is 71.3. The molecule has 0 amide bonds. The zero-order valence-corrected chi connectivity index (χ0v) is 5.97. The van der Waals surface area contributed by atoms with Gasteiger partial charge in [-0.15, -0.1) is 0 Å². The van der Waals surface area contributed by atoms with Crippen molar-refractivity contribution in [3.63, 3.8) is 0 Å². The maximum absolute atomic E-state index is 4.81. The summed E-state index contributed by atoms with van der Waals surface area (Å²) < 4.78 is 0. The van der Waals surface area contributed by atoms with Crippen LogP contribution >= 0.6 is 0 Å². The maximum Gasteiger partial charge on any atom is 0.0713 e. The van der Waals surface area contributed by atoms with E-state index >= 15 is 0 Å². The molecule has 9 heavy (non-hydrogen) atoms. The average molecular weight is 129 g/mol. The molecular formula is C7H15NO. The van der Waals surface area contributed by atoms with E-state index in [1.54, 1.807) is 0 Å². The predicted molar refractivity (Wildman–Crippen MR) is 38.8 cm³/mol. The van der Waals surface area contributed by atoms with Gasteiger partial charge in [-0.1, -0.05) is 25.5 Å². The van der Waals surface area contributed by atoms with Crippen molar-refractivity contribution in [2.45, 2.75) is 26.2 Å². The largest absolute Gasteiger partial charge is 0.304 e. The molecule has 0 unspecified atom stereocenters. The number of unbranched alkanes of at least 4 members (excludes halogenated alkanes) is 1. The highest BCUT2D eigenvalue weighted by atomic mass is 16.6. The minimum Gasteiger partial charge on any atom is -0.304 e. The predicted octanol–water partition coefficient (Wildman–Crippen LogP) is 1.62. The third kappa shape index (κ3) is 7.66. The Hall–Kier alpha value is -0.340. The summed E-state index contributed by atoms with van der Waals surface area (Å²) in [5.74, 6) is 4.81. The summed E-state index contributed by atoms with van der Waals surface area (Å²) in [5, 5.41) is 0. The normalized spacial score (nSPS) is 10.9. The van der Waals surface area contributed by atoms with Crippen molar-refractivity contribution in [1.82, 2.24) is 0 Å². The summed E-state index contributed by atoms with van der Waals surface area (Å²) in [5.41, 5.74) is 0. The quantitative estimate of drug-likeness (QED) is 0.348. The monoisotopic (exact) mass is 129 g/mol. The molecule has 0 aliphatic carbocycles. The standard InChI is InChI=1S/C7H15NO/c1-2-3-4-5-6-7-9-8/h4-5H,2-3,6-8H2,1H3/b5-4+. The summed E-state index contributed by atoms with van der Waals surface area (Å²) in [7, 11) is 0. The van der Waals surface area contributed by atoms with Crippen molar-refractivity contribution in [2.75, 3.05) is 6.61 Å². The minimum absolute atomic E-state index is 0.625. The summed E-state index contributed by atoms with van der Waals surface area (Å²) in [6.45, 7) is 2.78. The van der Waals surface area contributed by atoms with E-state index in [1.165, 1.54) is 6.42 Å². The van der Waals surface area contributed by atoms with Gasteiger partial charge in [0, 0.05) is 0 Å². The van der Waals surface area contributed by atoms with Gasteiger partial charge in [-0.2, -0.15) is 0 Å². The van der Waals surface area contributed by atoms with E-state index in [4.69, 9.17) is 5.90 Å². The topological polar surface area (TPSA) is 35.2 Å². The van der Waals surface area contributed by atoms with E-state index < -0.39 is 0 Å². The summed E-state index contributed by atoms with van der Waals surface area (Å²) in [4.78, 5) is 4.37. The molecule has 0 bridgehead atoms. The van der Waals surface area contributed by atoms with Crippen LogP contribution in [-0.4, -0.2) is 6.61 Å². The van der Waals surface area contributed by atoms with E-state index in [2.05, 4.69) is 23.9 Å². The molecule has 2 nitrogen and oxygen atoms in total. The van der Waals surface area contributed by atoms with Crippen molar-refractivity contribution in [3.8, 4) is 0 Å². The molecule has 0 heterocycles. The van der Waals surface area contributed by atoms with Gasteiger partial charge in [-0.05, 0) is 12.8 Å². The Morgan fingerprint density at radius 1 is 1.33 bits per heavy atom. The molecule has 0 atom stereocenters. The molecule has 0 aromatic rings. The zero-order valence-electron chi connectivity index (χ0n) is 5.97. The number of allylic oxidation sites excluding steroid dienone is 1. The number of hydrogen-bond acceptors (Lipinski definition) is 2. The molecule has 0 fully saturated rings. The van der Waals surface area contributed by atoms with Gasteiger partial charge in [0.1, 0.15) is 0 Å². The fourth-order valence-corrected chi connectivity index (χ4v) is 0.538. The minimum atomic E-state index is 0.625. The summed E-state index contributed by atoms with van der Waals surface area (Å²) in [6.07, 6.45) is 7.54. The fraction of sp³-hybridized carbons (Fsp3) is 0.714. The number of nitrogens with two attached hydrogens (primary N) is 1. The van der Waals surface area contributed by atoms with Crippen molar-refractivity contribution in [2.24, 2.45) is 5.90 Å². The van der Waals surface area contributed by atoms with Crippen LogP contribution in [0.1, 0.15) is 26.2 Å². The Kier molecular flexibility index (Phi) is 7.37. The van der Waals surface area contributed by atoms with Gasteiger partial charge in [0.15, 0.2) is 0 Å². The van der Waals surface area contributed by atoms with Crippen LogP contribution < -0.4 is 5.90 Å². The van der Waals surface area contributed by atoms with E-state index in [0.717, 1.165) is 12.8 Å². The van der Waals surface area contributed by atoms with Gasteiger partial charge >= 0.3 is 0 Å². The lowest BCUT2D eigenvalue weighted by Gasteiger charge is -1.89. The van der Waals surface area contributed by atoms with Crippen LogP contribution in [0.15, 0.2) is 12.2 Å². The smallest absolute Gasteiger partial charge is 0.0713 e. The lowest BCUT2D eigenvalue weighted by atomic mass is 10.3. The zero-order chi connectivity index (χ0) is 6.95. The Labute approximate surface area is 56.6 Å². The molecule has 0 radical (unpaired) electrons. The molecule has 2 heteroatoms. The molecule has 0 saturated heterocycles. The number of hydrogen-bond donors (Lipinski definition) is 1. The van der Waals surface area contributed by atoms with Gasteiger partial charge in [0.05, 0.1) is 6.61 Å². The second-order valence-electron chi connectivity index (χ2n) is 1.92. The first-order chi connectivity index (χ1) is 4.41. The Balaban J connectivity index is 2.86. The second kappa shape index (κ2) is 7.66. The first-order valence-electron chi connectivity index (χ1n) is 3.38. The molecule has 2 N–H and O–H groups in total. The van der Waals surface area contributed by atoms with Gasteiger partial charge in [-0.25, -0.2) is 5.90 Å². The Morgan fingerprint density at radius 2 is 2.00 bits per heavy atom. The first-order valence-corrected chi connectivity index (χ1v) is 3.38. The fourth-order valence-electron chi connectivity index (χ4n) is 0.538. The van der Waals surface area contributed by atoms with Crippen LogP contribution in [0.5, 0.6) is 0 Å². The van der Waals surface area contributed by atoms with Gasteiger partial charge in [-0.3, -0.25) is 0 Å². The third-order valence-electron chi connectivity index (χ3n) is 1.02. The molecule has 54 valence electrons. The molecule has 0 rings (SSSR count). The third-order valence-corrected chi connectivity index (χ3v) is 1.02. The lowest BCUT2D eigenvalue weighted by Crippen LogP contribution is -1.98. The molecule has 0 aliphatic rings. The van der Waals surface area contributed by atoms with Crippen LogP contribution in [-0.2, 0) is 4.84 Å². The first kappa shape index (κ1) is 8.66. The van der Waals surface area contributed by atoms with E-state index in [-0.39, 0.29) is 0 Å². The SMILES string of the molecule is CCC/C=C/CCON. The number of rotatable bonds is 5.